The third-order valence-electron chi connectivity index (χ3n) is 5.06. The number of rotatable bonds is 5. The fourth-order valence-corrected chi connectivity index (χ4v) is 3.43. The monoisotopic (exact) mass is 393 g/mol. The number of piperidine rings is 1. The molecule has 1 heterocycles. The normalized spacial score (nSPS) is 18.5. The Kier molecular flexibility index (Phi) is 5.89. The molecule has 3 rings (SSSR count). The van der Waals surface area contributed by atoms with Gasteiger partial charge >= 0.3 is 6.09 Å². The van der Waals surface area contributed by atoms with E-state index in [0.717, 1.165) is 0 Å². The van der Waals surface area contributed by atoms with Gasteiger partial charge in [-0.1, -0.05) is 17.7 Å². The molecule has 1 saturated heterocycles. The van der Waals surface area contributed by atoms with Crippen molar-refractivity contribution >= 4 is 35.2 Å². The molecule has 0 radical (unpaired) electrons. The minimum absolute atomic E-state index is 0.0420. The van der Waals surface area contributed by atoms with Crippen molar-refractivity contribution in [3.8, 4) is 0 Å². The Bertz CT molecular complexity index is 727. The second-order valence-electron chi connectivity index (χ2n) is 6.98. The number of hydrogen-bond acceptors (Lipinski definition) is 4. The Morgan fingerprint density at radius 3 is 2.52 bits per heavy atom. The number of carbonyl (C=O) groups excluding carboxylic acids is 3. The first-order valence-electron chi connectivity index (χ1n) is 9.24. The Balaban J connectivity index is 1.52. The first kappa shape index (κ1) is 19.5. The van der Waals surface area contributed by atoms with E-state index < -0.39 is 5.41 Å². The quantitative estimate of drug-likeness (QED) is 0.753. The molecule has 0 aromatic heterocycles. The highest BCUT2D eigenvalue weighted by Gasteiger charge is 2.56. The van der Waals surface area contributed by atoms with Gasteiger partial charge in [-0.05, 0) is 50.8 Å². The first-order valence-corrected chi connectivity index (χ1v) is 9.62. The van der Waals surface area contributed by atoms with Gasteiger partial charge in [-0.25, -0.2) is 4.79 Å². The number of anilines is 1. The second-order valence-corrected chi connectivity index (χ2v) is 7.42. The van der Waals surface area contributed by atoms with Gasteiger partial charge in [0.1, 0.15) is 5.41 Å². The Morgan fingerprint density at radius 2 is 1.93 bits per heavy atom. The van der Waals surface area contributed by atoms with Gasteiger partial charge < -0.3 is 20.3 Å². The van der Waals surface area contributed by atoms with Crippen LogP contribution in [0, 0.1) is 5.41 Å². The van der Waals surface area contributed by atoms with Crippen LogP contribution in [0.3, 0.4) is 0 Å². The molecule has 3 amide bonds. The van der Waals surface area contributed by atoms with E-state index in [1.807, 2.05) is 0 Å². The molecule has 1 aliphatic carbocycles. The molecule has 1 saturated carbocycles. The molecule has 146 valence electrons. The standard InChI is InChI=1S/C19H24ClN3O4/c1-2-27-18(26)23-10-6-14(7-11-23)21-16(24)19(8-9-19)17(25)22-15-5-3-4-13(20)12-15/h3-5,12,14H,2,6-11H2,1H3,(H,21,24)(H,22,25). The number of carbonyl (C=O) groups is 3. The number of ether oxygens (including phenoxy) is 1. The summed E-state index contributed by atoms with van der Waals surface area (Å²) in [6.07, 6.45) is 2.05. The maximum Gasteiger partial charge on any atom is 0.409 e. The maximum atomic E-state index is 12.7. The number of nitrogens with one attached hydrogen (secondary N) is 2. The van der Waals surface area contributed by atoms with Crippen LogP contribution in [-0.4, -0.2) is 48.5 Å². The molecule has 2 aliphatic rings. The lowest BCUT2D eigenvalue weighted by atomic mass is 10.0. The van der Waals surface area contributed by atoms with Gasteiger partial charge in [0, 0.05) is 29.8 Å². The zero-order valence-electron chi connectivity index (χ0n) is 15.3. The molecule has 0 bridgehead atoms. The molecule has 0 unspecified atom stereocenters. The van der Waals surface area contributed by atoms with E-state index in [4.69, 9.17) is 16.3 Å². The van der Waals surface area contributed by atoms with Gasteiger partial charge in [0.25, 0.3) is 0 Å². The molecule has 1 aliphatic heterocycles. The summed E-state index contributed by atoms with van der Waals surface area (Å²) in [5, 5.41) is 6.30. The summed E-state index contributed by atoms with van der Waals surface area (Å²) in [5.74, 6) is -0.539. The maximum absolute atomic E-state index is 12.7. The number of amides is 3. The van der Waals surface area contributed by atoms with E-state index in [0.29, 0.717) is 56.1 Å². The smallest absolute Gasteiger partial charge is 0.409 e. The third kappa shape index (κ3) is 4.53. The average molecular weight is 394 g/mol. The summed E-state index contributed by atoms with van der Waals surface area (Å²) in [7, 11) is 0. The topological polar surface area (TPSA) is 87.7 Å². The van der Waals surface area contributed by atoms with Crippen LogP contribution in [0.5, 0.6) is 0 Å². The van der Waals surface area contributed by atoms with E-state index in [1.54, 1.807) is 36.1 Å². The Morgan fingerprint density at radius 1 is 1.22 bits per heavy atom. The molecule has 1 aromatic carbocycles. The van der Waals surface area contributed by atoms with Crippen LogP contribution >= 0.6 is 11.6 Å². The van der Waals surface area contributed by atoms with Gasteiger partial charge in [-0.15, -0.1) is 0 Å². The molecular formula is C19H24ClN3O4. The predicted octanol–water partition coefficient (Wildman–Crippen LogP) is 2.80. The lowest BCUT2D eigenvalue weighted by molar-refractivity contribution is -0.135. The van der Waals surface area contributed by atoms with Crippen molar-refractivity contribution in [2.75, 3.05) is 25.0 Å². The lowest BCUT2D eigenvalue weighted by Gasteiger charge is -2.32. The van der Waals surface area contributed by atoms with E-state index in [-0.39, 0.29) is 23.9 Å². The van der Waals surface area contributed by atoms with Crippen molar-refractivity contribution in [1.82, 2.24) is 10.2 Å². The number of benzene rings is 1. The van der Waals surface area contributed by atoms with Gasteiger partial charge in [0.15, 0.2) is 0 Å². The molecule has 8 heteroatoms. The first-order chi connectivity index (χ1) is 12.9. The molecule has 0 atom stereocenters. The van der Waals surface area contributed by atoms with Gasteiger partial charge in [-0.2, -0.15) is 0 Å². The number of likely N-dealkylation sites (tertiary alicyclic amines) is 1. The van der Waals surface area contributed by atoms with Crippen molar-refractivity contribution in [2.24, 2.45) is 5.41 Å². The van der Waals surface area contributed by atoms with E-state index >= 15 is 0 Å². The number of hydrogen-bond donors (Lipinski definition) is 2. The highest BCUT2D eigenvalue weighted by atomic mass is 35.5. The van der Waals surface area contributed by atoms with Gasteiger partial charge in [-0.3, -0.25) is 9.59 Å². The minimum atomic E-state index is -0.999. The largest absolute Gasteiger partial charge is 0.450 e. The summed E-state index contributed by atoms with van der Waals surface area (Å²) in [6, 6.07) is 6.81. The summed E-state index contributed by atoms with van der Waals surface area (Å²) in [5.41, 5.74) is -0.421. The van der Waals surface area contributed by atoms with Crippen LogP contribution in [0.15, 0.2) is 24.3 Å². The SMILES string of the molecule is CCOC(=O)N1CCC(NC(=O)C2(C(=O)Nc3cccc(Cl)c3)CC2)CC1. The van der Waals surface area contributed by atoms with E-state index in [1.165, 1.54) is 0 Å². The molecule has 27 heavy (non-hydrogen) atoms. The molecule has 1 aromatic rings. The van der Waals surface area contributed by atoms with Crippen LogP contribution in [0.4, 0.5) is 10.5 Å². The second kappa shape index (κ2) is 8.17. The zero-order valence-corrected chi connectivity index (χ0v) is 16.1. The summed E-state index contributed by atoms with van der Waals surface area (Å²) < 4.78 is 5.00. The summed E-state index contributed by atoms with van der Waals surface area (Å²) >= 11 is 5.94. The minimum Gasteiger partial charge on any atom is -0.450 e. The summed E-state index contributed by atoms with van der Waals surface area (Å²) in [4.78, 5) is 38.7. The molecule has 2 fully saturated rings. The molecule has 0 spiro atoms. The summed E-state index contributed by atoms with van der Waals surface area (Å²) in [6.45, 7) is 3.19. The van der Waals surface area contributed by atoms with Crippen LogP contribution in [0.1, 0.15) is 32.6 Å². The van der Waals surface area contributed by atoms with E-state index in [2.05, 4.69) is 10.6 Å². The van der Waals surface area contributed by atoms with Crippen molar-refractivity contribution in [3.05, 3.63) is 29.3 Å². The molecular weight excluding hydrogens is 370 g/mol. The van der Waals surface area contributed by atoms with Gasteiger partial charge in [0.05, 0.1) is 6.61 Å². The fraction of sp³-hybridized carbons (Fsp3) is 0.526. The van der Waals surface area contributed by atoms with Gasteiger partial charge in [0.2, 0.25) is 11.8 Å². The fourth-order valence-electron chi connectivity index (χ4n) is 3.24. The van der Waals surface area contributed by atoms with Crippen molar-refractivity contribution < 1.29 is 19.1 Å². The zero-order chi connectivity index (χ0) is 19.4. The highest BCUT2D eigenvalue weighted by molar-refractivity contribution is 6.31. The van der Waals surface area contributed by atoms with Crippen LogP contribution in [-0.2, 0) is 14.3 Å². The molecule has 7 nitrogen and oxygen atoms in total. The molecule has 2 N–H and O–H groups in total. The van der Waals surface area contributed by atoms with Crippen LogP contribution in [0.2, 0.25) is 5.02 Å². The van der Waals surface area contributed by atoms with Crippen molar-refractivity contribution in [3.63, 3.8) is 0 Å². The highest BCUT2D eigenvalue weighted by Crippen LogP contribution is 2.47. The Labute approximate surface area is 163 Å². The van der Waals surface area contributed by atoms with Crippen molar-refractivity contribution in [1.29, 1.82) is 0 Å². The van der Waals surface area contributed by atoms with Crippen LogP contribution in [0.25, 0.3) is 0 Å². The van der Waals surface area contributed by atoms with Crippen LogP contribution < -0.4 is 10.6 Å². The van der Waals surface area contributed by atoms with Crippen molar-refractivity contribution in [2.45, 2.75) is 38.6 Å². The number of halogens is 1. The average Bonchev–Trinajstić information content (AvgIpc) is 3.44. The Hall–Kier alpha value is -2.28. The number of nitrogens with zero attached hydrogens (tertiary/aromatic N) is 1. The predicted molar refractivity (Wildman–Crippen MR) is 102 cm³/mol. The lowest BCUT2D eigenvalue weighted by Crippen LogP contribution is -2.50. The third-order valence-corrected chi connectivity index (χ3v) is 5.29. The van der Waals surface area contributed by atoms with E-state index in [9.17, 15) is 14.4 Å².